The van der Waals surface area contributed by atoms with Crippen LogP contribution in [0.25, 0.3) is 0 Å². The minimum Gasteiger partial charge on any atom is -0.494 e. The van der Waals surface area contributed by atoms with Crippen LogP contribution in [0.15, 0.2) is 48.5 Å². The molecule has 36 heavy (non-hydrogen) atoms. The third kappa shape index (κ3) is 12.6. The number of carbonyl (C=O) groups is 2. The van der Waals surface area contributed by atoms with Gasteiger partial charge in [0.15, 0.2) is 0 Å². The van der Waals surface area contributed by atoms with Gasteiger partial charge in [0, 0.05) is 16.8 Å². The minimum atomic E-state index is -0.406. The number of rotatable bonds is 18. The average molecular weight is 496 g/mol. The summed E-state index contributed by atoms with van der Waals surface area (Å²) >= 11 is 0. The number of carbonyl (C=O) groups excluding carboxylic acids is 2. The van der Waals surface area contributed by atoms with E-state index >= 15 is 0 Å². The van der Waals surface area contributed by atoms with Crippen molar-refractivity contribution in [1.29, 1.82) is 0 Å². The predicted octanol–water partition coefficient (Wildman–Crippen LogP) is 7.20. The second-order valence-electron chi connectivity index (χ2n) is 9.50. The molecular weight excluding hydrogens is 450 g/mol. The number of nitrogen functional groups attached to an aromatic ring is 1. The van der Waals surface area contributed by atoms with E-state index in [9.17, 15) is 9.59 Å². The second kappa shape index (κ2) is 18.3. The summed E-state index contributed by atoms with van der Waals surface area (Å²) in [7, 11) is 0. The number of ether oxygens (including phenoxy) is 1. The lowest BCUT2D eigenvalue weighted by Crippen LogP contribution is -2.41. The van der Waals surface area contributed by atoms with E-state index in [4.69, 9.17) is 10.5 Å². The zero-order valence-corrected chi connectivity index (χ0v) is 22.0. The van der Waals surface area contributed by atoms with Crippen LogP contribution in [0.5, 0.6) is 5.75 Å². The van der Waals surface area contributed by atoms with Crippen molar-refractivity contribution in [2.75, 3.05) is 12.3 Å². The fraction of sp³-hybridized carbons (Fsp3) is 0.533. The molecule has 2 aromatic carbocycles. The van der Waals surface area contributed by atoms with Gasteiger partial charge in [-0.25, -0.2) is 0 Å². The number of unbranched alkanes of at least 4 members (excludes halogenated alkanes) is 13. The summed E-state index contributed by atoms with van der Waals surface area (Å²) in [6.07, 6.45) is 18.7. The smallest absolute Gasteiger partial charge is 0.269 e. The fourth-order valence-corrected chi connectivity index (χ4v) is 4.08. The highest BCUT2D eigenvalue weighted by atomic mass is 16.5. The molecule has 0 aromatic heterocycles. The molecule has 198 valence electrons. The van der Waals surface area contributed by atoms with Crippen molar-refractivity contribution in [3.05, 3.63) is 59.7 Å². The largest absolute Gasteiger partial charge is 0.494 e. The molecule has 2 rings (SSSR count). The molecule has 6 heteroatoms. The highest BCUT2D eigenvalue weighted by Gasteiger charge is 2.09. The lowest BCUT2D eigenvalue weighted by atomic mass is 10.0. The molecule has 0 saturated carbocycles. The van der Waals surface area contributed by atoms with Crippen LogP contribution in [0.3, 0.4) is 0 Å². The van der Waals surface area contributed by atoms with Crippen molar-refractivity contribution in [1.82, 2.24) is 10.9 Å². The monoisotopic (exact) mass is 495 g/mol. The Kier molecular flexibility index (Phi) is 14.8. The van der Waals surface area contributed by atoms with Gasteiger partial charge in [-0.15, -0.1) is 0 Å². The second-order valence-corrected chi connectivity index (χ2v) is 9.50. The van der Waals surface area contributed by atoms with Crippen molar-refractivity contribution in [2.45, 2.75) is 96.8 Å². The Morgan fingerprint density at radius 3 is 1.44 bits per heavy atom. The highest BCUT2D eigenvalue weighted by Crippen LogP contribution is 2.15. The Hall–Kier alpha value is -3.02. The molecular formula is C30H45N3O3. The molecule has 0 heterocycles. The van der Waals surface area contributed by atoms with Crippen molar-refractivity contribution in [3.63, 3.8) is 0 Å². The van der Waals surface area contributed by atoms with Crippen molar-refractivity contribution in [3.8, 4) is 5.75 Å². The van der Waals surface area contributed by atoms with E-state index < -0.39 is 11.8 Å². The number of hydrazine groups is 1. The van der Waals surface area contributed by atoms with Gasteiger partial charge in [-0.1, -0.05) is 90.4 Å². The quantitative estimate of drug-likeness (QED) is 0.116. The number of benzene rings is 2. The summed E-state index contributed by atoms with van der Waals surface area (Å²) in [4.78, 5) is 24.3. The Balaban J connectivity index is 1.47. The Morgan fingerprint density at radius 2 is 1.00 bits per heavy atom. The summed E-state index contributed by atoms with van der Waals surface area (Å²) in [5.41, 5.74) is 11.9. The van der Waals surface area contributed by atoms with Gasteiger partial charge in [0.1, 0.15) is 5.75 Å². The lowest BCUT2D eigenvalue weighted by molar-refractivity contribution is 0.0846. The summed E-state index contributed by atoms with van der Waals surface area (Å²) in [6.45, 7) is 2.95. The van der Waals surface area contributed by atoms with Crippen LogP contribution >= 0.6 is 0 Å². The summed E-state index contributed by atoms with van der Waals surface area (Å²) in [6, 6.07) is 13.4. The average Bonchev–Trinajstić information content (AvgIpc) is 2.90. The number of amides is 2. The van der Waals surface area contributed by atoms with Gasteiger partial charge in [0.2, 0.25) is 0 Å². The standard InChI is InChI=1S/C30H45N3O3/c1-2-3-4-5-6-7-8-9-10-11-12-13-14-15-24-36-28-22-18-26(19-23-28)30(35)33-32-29(34)25-16-20-27(31)21-17-25/h16-23H,2-15,24,31H2,1H3,(H,32,34)(H,33,35). The van der Waals surface area contributed by atoms with E-state index in [0.29, 0.717) is 23.4 Å². The fourth-order valence-electron chi connectivity index (χ4n) is 4.08. The molecule has 2 aromatic rings. The molecule has 0 saturated heterocycles. The van der Waals surface area contributed by atoms with Crippen LogP contribution in [0, 0.1) is 0 Å². The molecule has 4 N–H and O–H groups in total. The first kappa shape index (κ1) is 29.2. The normalized spacial score (nSPS) is 10.7. The SMILES string of the molecule is CCCCCCCCCCCCCCCCOc1ccc(C(=O)NNC(=O)c2ccc(N)cc2)cc1. The molecule has 0 spiro atoms. The first-order valence-corrected chi connectivity index (χ1v) is 13.8. The number of hydrogen-bond donors (Lipinski definition) is 3. The summed E-state index contributed by atoms with van der Waals surface area (Å²) < 4.78 is 5.80. The van der Waals surface area contributed by atoms with Gasteiger partial charge in [0.05, 0.1) is 6.61 Å². The third-order valence-electron chi connectivity index (χ3n) is 6.35. The van der Waals surface area contributed by atoms with E-state index in [1.165, 1.54) is 83.5 Å². The highest BCUT2D eigenvalue weighted by molar-refractivity contribution is 5.99. The lowest BCUT2D eigenvalue weighted by Gasteiger charge is -2.09. The number of anilines is 1. The predicted molar refractivity (Wildman–Crippen MR) is 148 cm³/mol. The molecule has 2 amide bonds. The summed E-state index contributed by atoms with van der Waals surface area (Å²) in [5, 5.41) is 0. The van der Waals surface area contributed by atoms with Gasteiger partial charge < -0.3 is 10.5 Å². The van der Waals surface area contributed by atoms with Crippen molar-refractivity contribution in [2.24, 2.45) is 0 Å². The summed E-state index contributed by atoms with van der Waals surface area (Å²) in [5.74, 6) is -0.0547. The molecule has 0 radical (unpaired) electrons. The Labute approximate surface area is 217 Å². The van der Waals surface area contributed by atoms with Crippen LogP contribution < -0.4 is 21.3 Å². The van der Waals surface area contributed by atoms with E-state index in [1.54, 1.807) is 48.5 Å². The number of nitrogens with one attached hydrogen (secondary N) is 2. The molecule has 6 nitrogen and oxygen atoms in total. The van der Waals surface area contributed by atoms with Gasteiger partial charge in [0.25, 0.3) is 11.8 Å². The number of hydrogen-bond acceptors (Lipinski definition) is 4. The topological polar surface area (TPSA) is 93.5 Å². The molecule has 0 fully saturated rings. The zero-order chi connectivity index (χ0) is 25.8. The van der Waals surface area contributed by atoms with Crippen LogP contribution in [-0.2, 0) is 0 Å². The Bertz CT molecular complexity index is 866. The molecule has 0 aliphatic heterocycles. The number of nitrogens with two attached hydrogens (primary N) is 1. The van der Waals surface area contributed by atoms with Crippen molar-refractivity contribution >= 4 is 17.5 Å². The van der Waals surface area contributed by atoms with Gasteiger partial charge in [-0.3, -0.25) is 20.4 Å². The van der Waals surface area contributed by atoms with E-state index in [1.807, 2.05) is 0 Å². The van der Waals surface area contributed by atoms with Gasteiger partial charge >= 0.3 is 0 Å². The van der Waals surface area contributed by atoms with Gasteiger partial charge in [-0.2, -0.15) is 0 Å². The zero-order valence-electron chi connectivity index (χ0n) is 22.0. The van der Waals surface area contributed by atoms with Crippen LogP contribution in [-0.4, -0.2) is 18.4 Å². The third-order valence-corrected chi connectivity index (χ3v) is 6.35. The molecule has 0 aliphatic carbocycles. The van der Waals surface area contributed by atoms with E-state index in [2.05, 4.69) is 17.8 Å². The maximum atomic E-state index is 12.3. The maximum absolute atomic E-state index is 12.3. The minimum absolute atomic E-state index is 0.391. The van der Waals surface area contributed by atoms with Crippen LogP contribution in [0.2, 0.25) is 0 Å². The first-order chi connectivity index (χ1) is 17.6. The van der Waals surface area contributed by atoms with E-state index in [0.717, 1.165) is 12.2 Å². The van der Waals surface area contributed by atoms with Crippen LogP contribution in [0.1, 0.15) is 118 Å². The van der Waals surface area contributed by atoms with E-state index in [-0.39, 0.29) is 0 Å². The first-order valence-electron chi connectivity index (χ1n) is 13.8. The maximum Gasteiger partial charge on any atom is 0.269 e. The van der Waals surface area contributed by atoms with Crippen molar-refractivity contribution < 1.29 is 14.3 Å². The molecule has 0 unspecified atom stereocenters. The molecule has 0 bridgehead atoms. The Morgan fingerprint density at radius 1 is 0.611 bits per heavy atom. The molecule has 0 aliphatic rings. The van der Waals surface area contributed by atoms with Crippen LogP contribution in [0.4, 0.5) is 5.69 Å². The van der Waals surface area contributed by atoms with Gasteiger partial charge in [-0.05, 0) is 55.0 Å². The molecule has 0 atom stereocenters.